The Hall–Kier alpha value is -1.19. The maximum Gasteiger partial charge on any atom is 0.126 e. The van der Waals surface area contributed by atoms with E-state index >= 15 is 0 Å². The van der Waals surface area contributed by atoms with E-state index in [2.05, 4.69) is 15.9 Å². The van der Waals surface area contributed by atoms with E-state index in [-0.39, 0.29) is 5.82 Å². The quantitative estimate of drug-likeness (QED) is 0.902. The van der Waals surface area contributed by atoms with E-state index in [9.17, 15) is 9.50 Å². The van der Waals surface area contributed by atoms with Gasteiger partial charge in [-0.25, -0.2) is 4.39 Å². The van der Waals surface area contributed by atoms with Crippen LogP contribution in [-0.2, 0) is 6.42 Å². The second-order valence-electron chi connectivity index (χ2n) is 4.36. The molecule has 2 rings (SSSR count). The molecule has 0 aliphatic carbocycles. The highest BCUT2D eigenvalue weighted by atomic mass is 79.9. The van der Waals surface area contributed by atoms with Gasteiger partial charge in [0.05, 0.1) is 6.10 Å². The van der Waals surface area contributed by atoms with Crippen LogP contribution in [0.5, 0.6) is 0 Å². The predicted molar refractivity (Wildman–Crippen MR) is 73.9 cm³/mol. The van der Waals surface area contributed by atoms with E-state index in [4.69, 9.17) is 0 Å². The molecule has 2 aromatic carbocycles. The highest BCUT2D eigenvalue weighted by Crippen LogP contribution is 2.21. The van der Waals surface area contributed by atoms with Crippen molar-refractivity contribution in [2.75, 3.05) is 0 Å². The number of halogens is 2. The van der Waals surface area contributed by atoms with Gasteiger partial charge in [0.15, 0.2) is 0 Å². The van der Waals surface area contributed by atoms with E-state index < -0.39 is 6.10 Å². The molecule has 0 saturated heterocycles. The van der Waals surface area contributed by atoms with Gasteiger partial charge in [-0.05, 0) is 41.8 Å². The average molecular weight is 309 g/mol. The van der Waals surface area contributed by atoms with Crippen molar-refractivity contribution in [3.05, 3.63) is 69.4 Å². The fourth-order valence-corrected chi connectivity index (χ4v) is 2.04. The molecule has 3 heteroatoms. The molecule has 0 aromatic heterocycles. The highest BCUT2D eigenvalue weighted by Gasteiger charge is 2.10. The third-order valence-corrected chi connectivity index (χ3v) is 3.45. The molecule has 0 saturated carbocycles. The zero-order valence-electron chi connectivity index (χ0n) is 10.0. The Morgan fingerprint density at radius 3 is 2.44 bits per heavy atom. The van der Waals surface area contributed by atoms with Gasteiger partial charge in [-0.3, -0.25) is 0 Å². The monoisotopic (exact) mass is 308 g/mol. The lowest BCUT2D eigenvalue weighted by atomic mass is 10.0. The minimum absolute atomic E-state index is 0.276. The van der Waals surface area contributed by atoms with Crippen molar-refractivity contribution in [2.24, 2.45) is 0 Å². The Labute approximate surface area is 114 Å². The number of rotatable bonds is 3. The van der Waals surface area contributed by atoms with Crippen LogP contribution in [0.1, 0.15) is 22.8 Å². The lowest BCUT2D eigenvalue weighted by Gasteiger charge is -2.12. The van der Waals surface area contributed by atoms with Crippen LogP contribution in [0, 0.1) is 12.7 Å². The van der Waals surface area contributed by atoms with E-state index in [1.165, 1.54) is 6.07 Å². The summed E-state index contributed by atoms with van der Waals surface area (Å²) in [6, 6.07) is 12.6. The highest BCUT2D eigenvalue weighted by molar-refractivity contribution is 9.10. The second kappa shape index (κ2) is 5.63. The lowest BCUT2D eigenvalue weighted by molar-refractivity contribution is 0.178. The molecular weight excluding hydrogens is 295 g/mol. The van der Waals surface area contributed by atoms with Crippen LogP contribution in [0.4, 0.5) is 4.39 Å². The summed E-state index contributed by atoms with van der Waals surface area (Å²) >= 11 is 3.36. The fourth-order valence-electron chi connectivity index (χ4n) is 1.78. The standard InChI is InChI=1S/C15H14BrFO/c1-10-2-5-12(9-14(10)17)15(18)8-11-3-6-13(16)7-4-11/h2-7,9,15,18H,8H2,1H3. The molecule has 0 spiro atoms. The van der Waals surface area contributed by atoms with E-state index in [1.54, 1.807) is 19.1 Å². The summed E-state index contributed by atoms with van der Waals surface area (Å²) in [5.41, 5.74) is 2.22. The van der Waals surface area contributed by atoms with Crippen LogP contribution in [0.15, 0.2) is 46.9 Å². The molecule has 1 unspecified atom stereocenters. The molecule has 0 fully saturated rings. The molecule has 0 heterocycles. The van der Waals surface area contributed by atoms with Crippen LogP contribution < -0.4 is 0 Å². The minimum atomic E-state index is -0.679. The first-order valence-electron chi connectivity index (χ1n) is 5.75. The van der Waals surface area contributed by atoms with Crippen molar-refractivity contribution in [3.8, 4) is 0 Å². The largest absolute Gasteiger partial charge is 0.388 e. The topological polar surface area (TPSA) is 20.2 Å². The molecule has 1 N–H and O–H groups in total. The summed E-state index contributed by atoms with van der Waals surface area (Å²) in [7, 11) is 0. The smallest absolute Gasteiger partial charge is 0.126 e. The van der Waals surface area contributed by atoms with Gasteiger partial charge in [0, 0.05) is 10.9 Å². The molecule has 1 nitrogen and oxygen atoms in total. The molecule has 18 heavy (non-hydrogen) atoms. The molecule has 0 radical (unpaired) electrons. The summed E-state index contributed by atoms with van der Waals surface area (Å²) in [6.07, 6.45) is -0.197. The summed E-state index contributed by atoms with van der Waals surface area (Å²) in [5, 5.41) is 10.1. The number of aliphatic hydroxyl groups excluding tert-OH is 1. The van der Waals surface area contributed by atoms with Crippen molar-refractivity contribution >= 4 is 15.9 Å². The summed E-state index contributed by atoms with van der Waals surface area (Å²) in [5.74, 6) is -0.276. The van der Waals surface area contributed by atoms with Gasteiger partial charge in [-0.1, -0.05) is 40.2 Å². The van der Waals surface area contributed by atoms with Gasteiger partial charge in [-0.15, -0.1) is 0 Å². The number of hydrogen-bond donors (Lipinski definition) is 1. The van der Waals surface area contributed by atoms with Crippen molar-refractivity contribution in [1.82, 2.24) is 0 Å². The van der Waals surface area contributed by atoms with Gasteiger partial charge in [0.2, 0.25) is 0 Å². The van der Waals surface area contributed by atoms with Gasteiger partial charge < -0.3 is 5.11 Å². The van der Waals surface area contributed by atoms with E-state index in [1.807, 2.05) is 24.3 Å². The molecular formula is C15H14BrFO. The van der Waals surface area contributed by atoms with Crippen molar-refractivity contribution in [2.45, 2.75) is 19.4 Å². The molecule has 0 amide bonds. The zero-order valence-corrected chi connectivity index (χ0v) is 11.6. The van der Waals surface area contributed by atoms with Gasteiger partial charge in [0.25, 0.3) is 0 Å². The maximum atomic E-state index is 13.4. The maximum absolute atomic E-state index is 13.4. The first-order chi connectivity index (χ1) is 8.56. The normalized spacial score (nSPS) is 12.4. The number of hydrogen-bond acceptors (Lipinski definition) is 1. The molecule has 0 aliphatic rings. The predicted octanol–water partition coefficient (Wildman–Crippen LogP) is 4.17. The van der Waals surface area contributed by atoms with Crippen molar-refractivity contribution < 1.29 is 9.50 Å². The first kappa shape index (κ1) is 13.2. The summed E-state index contributed by atoms with van der Waals surface area (Å²) < 4.78 is 14.4. The minimum Gasteiger partial charge on any atom is -0.388 e. The van der Waals surface area contributed by atoms with Crippen LogP contribution in [-0.4, -0.2) is 5.11 Å². The van der Waals surface area contributed by atoms with Crippen LogP contribution in [0.2, 0.25) is 0 Å². The van der Waals surface area contributed by atoms with Gasteiger partial charge >= 0.3 is 0 Å². The van der Waals surface area contributed by atoms with Gasteiger partial charge in [-0.2, -0.15) is 0 Å². The summed E-state index contributed by atoms with van der Waals surface area (Å²) in [4.78, 5) is 0. The Kier molecular flexibility index (Phi) is 4.15. The third kappa shape index (κ3) is 3.18. The average Bonchev–Trinajstić information content (AvgIpc) is 2.35. The number of aryl methyl sites for hydroxylation is 1. The Bertz CT molecular complexity index is 537. The second-order valence-corrected chi connectivity index (χ2v) is 5.27. The Morgan fingerprint density at radius 1 is 1.17 bits per heavy atom. The van der Waals surface area contributed by atoms with Crippen LogP contribution in [0.3, 0.4) is 0 Å². The third-order valence-electron chi connectivity index (χ3n) is 2.92. The van der Waals surface area contributed by atoms with Crippen molar-refractivity contribution in [1.29, 1.82) is 0 Å². The number of benzene rings is 2. The SMILES string of the molecule is Cc1ccc(C(O)Cc2ccc(Br)cc2)cc1F. The molecule has 94 valence electrons. The van der Waals surface area contributed by atoms with Crippen molar-refractivity contribution in [3.63, 3.8) is 0 Å². The Morgan fingerprint density at radius 2 is 1.83 bits per heavy atom. The Balaban J connectivity index is 2.13. The van der Waals surface area contributed by atoms with E-state index in [0.717, 1.165) is 10.0 Å². The van der Waals surface area contributed by atoms with Gasteiger partial charge in [0.1, 0.15) is 5.82 Å². The molecule has 2 aromatic rings. The molecule has 0 bridgehead atoms. The van der Waals surface area contributed by atoms with Crippen LogP contribution >= 0.6 is 15.9 Å². The lowest BCUT2D eigenvalue weighted by Crippen LogP contribution is -2.02. The fraction of sp³-hybridized carbons (Fsp3) is 0.200. The van der Waals surface area contributed by atoms with E-state index in [0.29, 0.717) is 17.5 Å². The zero-order chi connectivity index (χ0) is 13.1. The first-order valence-corrected chi connectivity index (χ1v) is 6.54. The molecule has 1 atom stereocenters. The van der Waals surface area contributed by atoms with Crippen LogP contribution in [0.25, 0.3) is 0 Å². The molecule has 0 aliphatic heterocycles. The number of aliphatic hydroxyl groups is 1. The summed E-state index contributed by atoms with van der Waals surface area (Å²) in [6.45, 7) is 1.71.